The molecule has 2 amide bonds. The Labute approximate surface area is 151 Å². The number of rotatable bonds is 6. The number of methoxy groups -OCH3 is 1. The van der Waals surface area contributed by atoms with E-state index in [1.165, 1.54) is 37.1 Å². The van der Waals surface area contributed by atoms with E-state index in [0.29, 0.717) is 13.2 Å². The minimum absolute atomic E-state index is 0.0148. The minimum atomic E-state index is -0.552. The summed E-state index contributed by atoms with van der Waals surface area (Å²) >= 11 is 6.15. The van der Waals surface area contributed by atoms with Gasteiger partial charge in [0.15, 0.2) is 0 Å². The molecular weight excluding hydrogens is 348 g/mol. The van der Waals surface area contributed by atoms with Crippen LogP contribution in [0.5, 0.6) is 0 Å². The van der Waals surface area contributed by atoms with Crippen LogP contribution in [0.4, 0.5) is 5.69 Å². The van der Waals surface area contributed by atoms with E-state index >= 15 is 0 Å². The van der Waals surface area contributed by atoms with Crippen LogP contribution < -0.4 is 10.2 Å². The molecule has 25 heavy (non-hydrogen) atoms. The summed E-state index contributed by atoms with van der Waals surface area (Å²) in [6.45, 7) is 2.23. The third-order valence-electron chi connectivity index (χ3n) is 3.89. The summed E-state index contributed by atoms with van der Waals surface area (Å²) in [4.78, 5) is 37.1. The summed E-state index contributed by atoms with van der Waals surface area (Å²) in [6, 6.07) is 4.42. The van der Waals surface area contributed by atoms with Crippen molar-refractivity contribution in [1.29, 1.82) is 0 Å². The fourth-order valence-electron chi connectivity index (χ4n) is 2.56. The molecule has 136 valence electrons. The molecule has 0 radical (unpaired) electrons. The molecule has 1 N–H and O–H groups in total. The van der Waals surface area contributed by atoms with Crippen molar-refractivity contribution < 1.29 is 23.9 Å². The first-order valence-corrected chi connectivity index (χ1v) is 8.34. The molecule has 1 aliphatic rings. The second-order valence-corrected chi connectivity index (χ2v) is 6.11. The molecule has 1 aromatic rings. The van der Waals surface area contributed by atoms with Crippen LogP contribution in [0.15, 0.2) is 18.2 Å². The second-order valence-electron chi connectivity index (χ2n) is 5.70. The largest absolute Gasteiger partial charge is 0.465 e. The van der Waals surface area contributed by atoms with Crippen molar-refractivity contribution in [2.45, 2.75) is 25.9 Å². The lowest BCUT2D eigenvalue weighted by atomic mass is 10.2. The Hall–Kier alpha value is -2.12. The zero-order valence-corrected chi connectivity index (χ0v) is 15.0. The van der Waals surface area contributed by atoms with Gasteiger partial charge >= 0.3 is 5.97 Å². The molecule has 1 aromatic carbocycles. The highest BCUT2D eigenvalue weighted by atomic mass is 35.5. The minimum Gasteiger partial charge on any atom is -0.465 e. The Kier molecular flexibility index (Phi) is 6.78. The average Bonchev–Trinajstić information content (AvgIpc) is 3.11. The number of ether oxygens (including phenoxy) is 2. The number of esters is 1. The van der Waals surface area contributed by atoms with E-state index in [1.54, 1.807) is 0 Å². The van der Waals surface area contributed by atoms with Crippen LogP contribution in [0.1, 0.15) is 30.1 Å². The summed E-state index contributed by atoms with van der Waals surface area (Å²) in [7, 11) is 1.26. The highest BCUT2D eigenvalue weighted by Gasteiger charge is 2.22. The van der Waals surface area contributed by atoms with Gasteiger partial charge in [0, 0.05) is 20.1 Å². The van der Waals surface area contributed by atoms with Crippen LogP contribution in [0.25, 0.3) is 0 Å². The SMILES string of the molecule is COC(=O)c1ccc(Cl)c(N(CC(=O)NCC2CCCO2)C(C)=O)c1. The van der Waals surface area contributed by atoms with E-state index in [0.717, 1.165) is 12.8 Å². The Balaban J connectivity index is 2.10. The molecule has 1 fully saturated rings. The maximum Gasteiger partial charge on any atom is 0.337 e. The predicted molar refractivity (Wildman–Crippen MR) is 92.8 cm³/mol. The van der Waals surface area contributed by atoms with E-state index in [4.69, 9.17) is 16.3 Å². The average molecular weight is 369 g/mol. The second kappa shape index (κ2) is 8.82. The van der Waals surface area contributed by atoms with Crippen molar-refractivity contribution in [2.75, 3.05) is 31.7 Å². The number of anilines is 1. The molecule has 0 saturated carbocycles. The van der Waals surface area contributed by atoms with Gasteiger partial charge < -0.3 is 19.7 Å². The molecule has 1 saturated heterocycles. The smallest absolute Gasteiger partial charge is 0.337 e. The number of nitrogens with zero attached hydrogens (tertiary/aromatic N) is 1. The predicted octanol–water partition coefficient (Wildman–Crippen LogP) is 1.77. The Morgan fingerprint density at radius 3 is 2.76 bits per heavy atom. The molecule has 0 aromatic heterocycles. The van der Waals surface area contributed by atoms with Crippen LogP contribution in [0.3, 0.4) is 0 Å². The van der Waals surface area contributed by atoms with Gasteiger partial charge in [-0.2, -0.15) is 0 Å². The van der Waals surface area contributed by atoms with Gasteiger partial charge in [0.2, 0.25) is 11.8 Å². The lowest BCUT2D eigenvalue weighted by Crippen LogP contribution is -2.42. The number of nitrogens with one attached hydrogen (secondary N) is 1. The molecule has 8 heteroatoms. The number of carbonyl (C=O) groups is 3. The number of hydrogen-bond donors (Lipinski definition) is 1. The van der Waals surface area contributed by atoms with Crippen molar-refractivity contribution in [3.63, 3.8) is 0 Å². The molecule has 1 unspecified atom stereocenters. The Morgan fingerprint density at radius 2 is 2.16 bits per heavy atom. The third-order valence-corrected chi connectivity index (χ3v) is 4.21. The first-order chi connectivity index (χ1) is 11.9. The fraction of sp³-hybridized carbons (Fsp3) is 0.471. The first-order valence-electron chi connectivity index (χ1n) is 7.96. The third kappa shape index (κ3) is 5.17. The molecule has 2 rings (SSSR count). The zero-order valence-electron chi connectivity index (χ0n) is 14.2. The highest BCUT2D eigenvalue weighted by Crippen LogP contribution is 2.27. The van der Waals surface area contributed by atoms with Crippen molar-refractivity contribution in [1.82, 2.24) is 5.32 Å². The van der Waals surface area contributed by atoms with Gasteiger partial charge in [-0.1, -0.05) is 11.6 Å². The maximum absolute atomic E-state index is 12.2. The molecule has 1 heterocycles. The lowest BCUT2D eigenvalue weighted by Gasteiger charge is -2.22. The number of benzene rings is 1. The zero-order chi connectivity index (χ0) is 18.4. The standard InChI is InChI=1S/C17H21ClN2O5/c1-11(21)20(10-16(22)19-9-13-4-3-7-25-13)15-8-12(17(23)24-2)5-6-14(15)18/h5-6,8,13H,3-4,7,9-10H2,1-2H3,(H,19,22). The Morgan fingerprint density at radius 1 is 1.40 bits per heavy atom. The summed E-state index contributed by atoms with van der Waals surface area (Å²) < 4.78 is 10.1. The van der Waals surface area contributed by atoms with Crippen molar-refractivity contribution in [3.05, 3.63) is 28.8 Å². The van der Waals surface area contributed by atoms with Crippen molar-refractivity contribution >= 4 is 35.1 Å². The summed E-state index contributed by atoms with van der Waals surface area (Å²) in [5.41, 5.74) is 0.525. The molecule has 0 bridgehead atoms. The van der Waals surface area contributed by atoms with E-state index in [1.807, 2.05) is 0 Å². The Bertz CT molecular complexity index is 658. The van der Waals surface area contributed by atoms with Gasteiger partial charge in [0.05, 0.1) is 29.5 Å². The molecule has 0 aliphatic carbocycles. The quantitative estimate of drug-likeness (QED) is 0.773. The number of carbonyl (C=O) groups excluding carboxylic acids is 3. The molecular formula is C17H21ClN2O5. The summed E-state index contributed by atoms with van der Waals surface area (Å²) in [5.74, 6) is -1.24. The van der Waals surface area contributed by atoms with Crippen LogP contribution in [0.2, 0.25) is 5.02 Å². The van der Waals surface area contributed by atoms with Crippen LogP contribution in [0, 0.1) is 0 Å². The molecule has 7 nitrogen and oxygen atoms in total. The molecule has 1 atom stereocenters. The molecule has 1 aliphatic heterocycles. The van der Waals surface area contributed by atoms with Crippen LogP contribution in [-0.4, -0.2) is 50.7 Å². The van der Waals surface area contributed by atoms with E-state index in [2.05, 4.69) is 10.1 Å². The van der Waals surface area contributed by atoms with E-state index < -0.39 is 5.97 Å². The van der Waals surface area contributed by atoms with Gasteiger partial charge in [-0.05, 0) is 31.0 Å². The normalized spacial score (nSPS) is 16.4. The van der Waals surface area contributed by atoms with Gasteiger partial charge in [-0.25, -0.2) is 4.79 Å². The van der Waals surface area contributed by atoms with Crippen LogP contribution in [-0.2, 0) is 19.1 Å². The first kappa shape index (κ1) is 19.2. The highest BCUT2D eigenvalue weighted by molar-refractivity contribution is 6.34. The summed E-state index contributed by atoms with van der Waals surface area (Å²) in [5, 5.41) is 3.01. The molecule has 0 spiro atoms. The number of halogens is 1. The maximum atomic E-state index is 12.2. The van der Waals surface area contributed by atoms with Crippen LogP contribution >= 0.6 is 11.6 Å². The lowest BCUT2D eigenvalue weighted by molar-refractivity contribution is -0.123. The topological polar surface area (TPSA) is 84.9 Å². The monoisotopic (exact) mass is 368 g/mol. The van der Waals surface area contributed by atoms with E-state index in [-0.39, 0.29) is 40.7 Å². The van der Waals surface area contributed by atoms with Crippen molar-refractivity contribution in [3.8, 4) is 0 Å². The van der Waals surface area contributed by atoms with Gasteiger partial charge in [-0.15, -0.1) is 0 Å². The van der Waals surface area contributed by atoms with Gasteiger partial charge in [0.25, 0.3) is 0 Å². The van der Waals surface area contributed by atoms with Gasteiger partial charge in [0.1, 0.15) is 6.54 Å². The van der Waals surface area contributed by atoms with Gasteiger partial charge in [-0.3, -0.25) is 9.59 Å². The number of amides is 2. The van der Waals surface area contributed by atoms with E-state index in [9.17, 15) is 14.4 Å². The fourth-order valence-corrected chi connectivity index (χ4v) is 2.78. The number of hydrogen-bond acceptors (Lipinski definition) is 5. The van der Waals surface area contributed by atoms with Crippen molar-refractivity contribution in [2.24, 2.45) is 0 Å². The summed E-state index contributed by atoms with van der Waals surface area (Å²) in [6.07, 6.45) is 1.90.